The van der Waals surface area contributed by atoms with Crippen LogP contribution in [0.25, 0.3) is 9.81 Å². The van der Waals surface area contributed by atoms with E-state index < -0.39 is 0 Å². The standard InChI is InChI=1S/C34H20Cl2N2S6/c35-27-13-9-25(10-14-27)29-31(39-19-23-5-1-21(17-37)2-6-23)43-33(41-29)34-42-30(26-11-15-28(36)16-12-26)32(44-34)40-20-24-7-3-22(18-38)4-8-24/h1-16H,19-20H2/b34-33+. The van der Waals surface area contributed by atoms with Crippen molar-refractivity contribution in [3.63, 3.8) is 0 Å². The summed E-state index contributed by atoms with van der Waals surface area (Å²) in [5.74, 6) is 1.63. The van der Waals surface area contributed by atoms with Crippen molar-refractivity contribution in [2.75, 3.05) is 0 Å². The lowest BCUT2D eigenvalue weighted by Crippen LogP contribution is -1.83. The molecule has 2 nitrogen and oxygen atoms in total. The van der Waals surface area contributed by atoms with Crippen molar-refractivity contribution in [2.45, 2.75) is 11.5 Å². The molecule has 4 aromatic carbocycles. The fourth-order valence-electron chi connectivity index (χ4n) is 4.13. The van der Waals surface area contributed by atoms with Crippen LogP contribution in [0.3, 0.4) is 0 Å². The molecule has 44 heavy (non-hydrogen) atoms. The summed E-state index contributed by atoms with van der Waals surface area (Å²) in [6, 6.07) is 36.2. The van der Waals surface area contributed by atoms with E-state index in [2.05, 4.69) is 36.4 Å². The minimum Gasteiger partial charge on any atom is -0.192 e. The minimum atomic E-state index is 0.671. The van der Waals surface area contributed by atoms with Gasteiger partial charge in [0, 0.05) is 31.4 Å². The molecule has 0 unspecified atom stereocenters. The summed E-state index contributed by atoms with van der Waals surface area (Å²) in [5.41, 5.74) is 6.01. The predicted molar refractivity (Wildman–Crippen MR) is 199 cm³/mol. The smallest absolute Gasteiger partial charge is 0.0991 e. The third-order valence-corrected chi connectivity index (χ3v) is 15.7. The molecule has 2 aliphatic heterocycles. The lowest BCUT2D eigenvalue weighted by Gasteiger charge is -2.06. The Morgan fingerprint density at radius 3 is 1.20 bits per heavy atom. The number of hydrogen-bond donors (Lipinski definition) is 0. The number of nitriles is 2. The SMILES string of the molecule is N#Cc1ccc(CSC2=C(c3ccc(Cl)cc3)S/C(=C3\SC(SCc4ccc(C#N)cc4)=C(c4ccc(Cl)cc4)S3)S2)cc1. The highest BCUT2D eigenvalue weighted by Crippen LogP contribution is 2.66. The van der Waals surface area contributed by atoms with Crippen molar-refractivity contribution in [3.05, 3.63) is 157 Å². The third kappa shape index (κ3) is 7.76. The summed E-state index contributed by atoms with van der Waals surface area (Å²) < 4.78 is 5.06. The Balaban J connectivity index is 1.27. The van der Waals surface area contributed by atoms with Gasteiger partial charge in [0.2, 0.25) is 0 Å². The van der Waals surface area contributed by atoms with Gasteiger partial charge in [-0.3, -0.25) is 0 Å². The number of hydrogen-bond acceptors (Lipinski definition) is 8. The second-order valence-electron chi connectivity index (χ2n) is 9.42. The average molecular weight is 720 g/mol. The van der Waals surface area contributed by atoms with Crippen LogP contribution in [0.1, 0.15) is 33.4 Å². The Morgan fingerprint density at radius 2 is 0.864 bits per heavy atom. The summed E-state index contributed by atoms with van der Waals surface area (Å²) in [5, 5.41) is 19.8. The van der Waals surface area contributed by atoms with Crippen LogP contribution < -0.4 is 0 Å². The Morgan fingerprint density at radius 1 is 0.500 bits per heavy atom. The Bertz CT molecular complexity index is 1730. The van der Waals surface area contributed by atoms with Gasteiger partial charge >= 0.3 is 0 Å². The lowest BCUT2D eigenvalue weighted by atomic mass is 10.2. The van der Waals surface area contributed by atoms with Gasteiger partial charge in [-0.15, -0.1) is 23.5 Å². The van der Waals surface area contributed by atoms with E-state index >= 15 is 0 Å². The predicted octanol–water partition coefficient (Wildman–Crippen LogP) is 12.6. The highest BCUT2D eigenvalue weighted by atomic mass is 35.5. The van der Waals surface area contributed by atoms with Crippen molar-refractivity contribution < 1.29 is 0 Å². The third-order valence-electron chi connectivity index (χ3n) is 6.42. The fourth-order valence-corrected chi connectivity index (χ4v) is 13.1. The summed E-state index contributed by atoms with van der Waals surface area (Å²) in [4.78, 5) is 2.47. The molecule has 6 rings (SSSR count). The molecule has 2 aliphatic rings. The second kappa shape index (κ2) is 14.9. The largest absolute Gasteiger partial charge is 0.192 e. The van der Waals surface area contributed by atoms with Gasteiger partial charge in [0.25, 0.3) is 0 Å². The lowest BCUT2D eigenvalue weighted by molar-refractivity contribution is 1.40. The van der Waals surface area contributed by atoms with Crippen LogP contribution in [0.4, 0.5) is 0 Å². The molecule has 4 aromatic rings. The molecular weight excluding hydrogens is 700 g/mol. The van der Waals surface area contributed by atoms with Gasteiger partial charge in [0.05, 0.1) is 40.2 Å². The number of thioether (sulfide) groups is 6. The van der Waals surface area contributed by atoms with Crippen molar-refractivity contribution in [3.8, 4) is 12.1 Å². The normalized spacial score (nSPS) is 16.4. The molecule has 216 valence electrons. The van der Waals surface area contributed by atoms with Gasteiger partial charge in [-0.2, -0.15) is 10.5 Å². The first kappa shape index (κ1) is 31.7. The zero-order valence-corrected chi connectivity index (χ0v) is 29.2. The molecule has 0 bridgehead atoms. The molecule has 0 radical (unpaired) electrons. The van der Waals surface area contributed by atoms with Crippen molar-refractivity contribution in [1.82, 2.24) is 0 Å². The molecule has 0 saturated carbocycles. The number of benzene rings is 4. The van der Waals surface area contributed by atoms with Gasteiger partial charge in [-0.25, -0.2) is 0 Å². The molecule has 10 heteroatoms. The highest BCUT2D eigenvalue weighted by molar-refractivity contribution is 8.42. The number of nitrogens with zero attached hydrogens (tertiary/aromatic N) is 2. The van der Waals surface area contributed by atoms with Gasteiger partial charge in [0.1, 0.15) is 0 Å². The van der Waals surface area contributed by atoms with E-state index in [1.807, 2.05) is 143 Å². The maximum Gasteiger partial charge on any atom is 0.0991 e. The van der Waals surface area contributed by atoms with Crippen molar-refractivity contribution >= 4 is 104 Å². The summed E-state index contributed by atoms with van der Waals surface area (Å²) in [7, 11) is 0. The van der Waals surface area contributed by atoms with E-state index in [0.717, 1.165) is 32.7 Å². The quantitative estimate of drug-likeness (QED) is 0.178. The fraction of sp³-hybridized carbons (Fsp3) is 0.0588. The number of rotatable bonds is 8. The molecule has 2 heterocycles. The molecule has 0 N–H and O–H groups in total. The molecule has 0 saturated heterocycles. The Kier molecular flexibility index (Phi) is 10.7. The molecule has 0 spiro atoms. The van der Waals surface area contributed by atoms with Gasteiger partial charge < -0.3 is 0 Å². The van der Waals surface area contributed by atoms with Crippen LogP contribution in [0.2, 0.25) is 10.0 Å². The zero-order valence-electron chi connectivity index (χ0n) is 22.8. The van der Waals surface area contributed by atoms with Gasteiger partial charge in [-0.1, -0.05) is 119 Å². The van der Waals surface area contributed by atoms with E-state index in [1.54, 1.807) is 0 Å². The summed E-state index contributed by atoms with van der Waals surface area (Å²) in [6.07, 6.45) is 0. The molecular formula is C34H20Cl2N2S6. The first-order valence-corrected chi connectivity index (χ1v) is 19.2. The van der Waals surface area contributed by atoms with E-state index in [4.69, 9.17) is 33.7 Å². The molecule has 0 amide bonds. The maximum absolute atomic E-state index is 9.17. The topological polar surface area (TPSA) is 47.6 Å². The highest BCUT2D eigenvalue weighted by Gasteiger charge is 2.31. The van der Waals surface area contributed by atoms with Crippen molar-refractivity contribution in [1.29, 1.82) is 10.5 Å². The number of halogens is 2. The Labute approximate surface area is 292 Å². The van der Waals surface area contributed by atoms with Crippen LogP contribution in [0.15, 0.2) is 114 Å². The van der Waals surface area contributed by atoms with E-state index in [0.29, 0.717) is 11.1 Å². The maximum atomic E-state index is 9.17. The monoisotopic (exact) mass is 718 g/mol. The first-order valence-electron chi connectivity index (χ1n) is 13.2. The van der Waals surface area contributed by atoms with Gasteiger partial charge in [-0.05, 0) is 70.8 Å². The van der Waals surface area contributed by atoms with Gasteiger partial charge in [0.15, 0.2) is 0 Å². The van der Waals surface area contributed by atoms with Crippen LogP contribution in [0, 0.1) is 22.7 Å². The van der Waals surface area contributed by atoms with Crippen LogP contribution >= 0.6 is 93.8 Å². The average Bonchev–Trinajstić information content (AvgIpc) is 3.69. The van der Waals surface area contributed by atoms with Crippen molar-refractivity contribution in [2.24, 2.45) is 0 Å². The van der Waals surface area contributed by atoms with Crippen LogP contribution in [0.5, 0.6) is 0 Å². The first-order chi connectivity index (χ1) is 21.5. The van der Waals surface area contributed by atoms with E-state index in [-0.39, 0.29) is 0 Å². The second-order valence-corrected chi connectivity index (χ2v) is 17.4. The minimum absolute atomic E-state index is 0.671. The molecule has 0 aromatic heterocycles. The van der Waals surface area contributed by atoms with Crippen LogP contribution in [-0.4, -0.2) is 0 Å². The molecule has 0 atom stereocenters. The van der Waals surface area contributed by atoms with E-state index in [9.17, 15) is 0 Å². The zero-order chi connectivity index (χ0) is 30.5. The summed E-state index contributed by atoms with van der Waals surface area (Å²) in [6.45, 7) is 0. The summed E-state index contributed by atoms with van der Waals surface area (Å²) >= 11 is 23.4. The Hall–Kier alpha value is -2.24. The van der Waals surface area contributed by atoms with Crippen LogP contribution in [-0.2, 0) is 11.5 Å². The molecule has 0 aliphatic carbocycles. The molecule has 0 fully saturated rings. The van der Waals surface area contributed by atoms with E-state index in [1.165, 1.54) is 37.9 Å².